The molecule has 0 spiro atoms. The van der Waals surface area contributed by atoms with Crippen LogP contribution in [0.5, 0.6) is 0 Å². The molecule has 0 amide bonds. The highest BCUT2D eigenvalue weighted by Gasteiger charge is 2.38. The van der Waals surface area contributed by atoms with Crippen molar-refractivity contribution in [3.8, 4) is 0 Å². The van der Waals surface area contributed by atoms with Crippen LogP contribution in [0.25, 0.3) is 10.8 Å². The molecule has 0 aromatic heterocycles. The largest absolute Gasteiger partial charge is 0.244 e. The lowest BCUT2D eigenvalue weighted by atomic mass is 10.00. The van der Waals surface area contributed by atoms with Crippen molar-refractivity contribution in [3.63, 3.8) is 0 Å². The van der Waals surface area contributed by atoms with Crippen LogP contribution in [0.4, 0.5) is 0 Å². The third kappa shape index (κ3) is 2.72. The van der Waals surface area contributed by atoms with E-state index < -0.39 is 10.0 Å². The van der Waals surface area contributed by atoms with Crippen LogP contribution >= 0.6 is 11.8 Å². The summed E-state index contributed by atoms with van der Waals surface area (Å²) in [6.07, 6.45) is 2.17. The molecular weight excluding hydrogens is 374 g/mol. The third-order valence-corrected chi connectivity index (χ3v) is 8.86. The van der Waals surface area contributed by atoms with Crippen LogP contribution in [0.2, 0.25) is 0 Å². The van der Waals surface area contributed by atoms with Crippen molar-refractivity contribution in [2.45, 2.75) is 30.0 Å². The van der Waals surface area contributed by atoms with Gasteiger partial charge < -0.3 is 0 Å². The fourth-order valence-corrected chi connectivity index (χ4v) is 7.72. The van der Waals surface area contributed by atoms with Crippen molar-refractivity contribution < 1.29 is 8.42 Å². The van der Waals surface area contributed by atoms with Crippen LogP contribution in [0.15, 0.2) is 59.5 Å². The zero-order valence-corrected chi connectivity index (χ0v) is 16.8. The molecule has 1 unspecified atom stereocenters. The molecule has 3 nitrogen and oxygen atoms in total. The minimum atomic E-state index is -3.52. The van der Waals surface area contributed by atoms with E-state index in [-0.39, 0.29) is 5.37 Å². The number of hydrogen-bond donors (Lipinski definition) is 0. The molecule has 0 bridgehead atoms. The smallest absolute Gasteiger partial charge is 0.207 e. The van der Waals surface area contributed by atoms with Gasteiger partial charge in [0.2, 0.25) is 10.0 Å². The number of aryl methyl sites for hydroxylation is 3. The minimum Gasteiger partial charge on any atom is -0.207 e. The van der Waals surface area contributed by atoms with Crippen LogP contribution in [0.3, 0.4) is 0 Å². The van der Waals surface area contributed by atoms with Gasteiger partial charge in [0, 0.05) is 12.3 Å². The van der Waals surface area contributed by atoms with Gasteiger partial charge in [-0.05, 0) is 64.9 Å². The lowest BCUT2D eigenvalue weighted by Crippen LogP contribution is -2.30. The summed E-state index contributed by atoms with van der Waals surface area (Å²) < 4.78 is 28.4. The molecule has 1 heterocycles. The van der Waals surface area contributed by atoms with E-state index in [0.29, 0.717) is 11.4 Å². The number of sulfonamides is 1. The van der Waals surface area contributed by atoms with Gasteiger partial charge in [-0.25, -0.2) is 8.42 Å². The summed E-state index contributed by atoms with van der Waals surface area (Å²) in [5.41, 5.74) is 4.86. The summed E-state index contributed by atoms with van der Waals surface area (Å²) in [4.78, 5) is 0.390. The monoisotopic (exact) mass is 395 g/mol. The van der Waals surface area contributed by atoms with E-state index in [1.165, 1.54) is 21.9 Å². The Bertz CT molecular complexity index is 1140. The second kappa shape index (κ2) is 6.36. The van der Waals surface area contributed by atoms with E-state index in [1.54, 1.807) is 28.2 Å². The van der Waals surface area contributed by atoms with Crippen LogP contribution < -0.4 is 0 Å². The minimum absolute atomic E-state index is 0.166. The topological polar surface area (TPSA) is 37.4 Å². The highest BCUT2D eigenvalue weighted by atomic mass is 32.2. The van der Waals surface area contributed by atoms with E-state index in [1.807, 2.05) is 19.1 Å². The highest BCUT2D eigenvalue weighted by molar-refractivity contribution is 8.01. The predicted molar refractivity (Wildman–Crippen MR) is 112 cm³/mol. The van der Waals surface area contributed by atoms with Crippen molar-refractivity contribution in [1.29, 1.82) is 0 Å². The maximum atomic E-state index is 13.4. The van der Waals surface area contributed by atoms with Crippen LogP contribution in [0.1, 0.15) is 27.6 Å². The summed E-state index contributed by atoms with van der Waals surface area (Å²) in [6, 6.07) is 18.0. The summed E-state index contributed by atoms with van der Waals surface area (Å²) in [5, 5.41) is 2.39. The van der Waals surface area contributed by atoms with Gasteiger partial charge in [-0.3, -0.25) is 0 Å². The van der Waals surface area contributed by atoms with Crippen molar-refractivity contribution in [3.05, 3.63) is 76.9 Å². The molecule has 3 aromatic carbocycles. The molecule has 5 rings (SSSR count). The van der Waals surface area contributed by atoms with Gasteiger partial charge in [-0.2, -0.15) is 4.31 Å². The number of nitrogens with zero attached hydrogens (tertiary/aromatic N) is 1. The Hall–Kier alpha value is -1.82. The normalized spacial score (nSPS) is 19.8. The Morgan fingerprint density at radius 1 is 1.00 bits per heavy atom. The van der Waals surface area contributed by atoms with Gasteiger partial charge in [-0.15, -0.1) is 11.8 Å². The molecule has 0 saturated carbocycles. The van der Waals surface area contributed by atoms with E-state index in [2.05, 4.69) is 30.3 Å². The van der Waals surface area contributed by atoms with Crippen molar-refractivity contribution in [2.75, 3.05) is 12.3 Å². The number of thioether (sulfide) groups is 1. The molecule has 1 aliphatic heterocycles. The Labute approximate surface area is 164 Å². The quantitative estimate of drug-likeness (QED) is 0.646. The fourth-order valence-electron chi connectivity index (χ4n) is 4.34. The molecule has 0 radical (unpaired) electrons. The molecule has 138 valence electrons. The highest BCUT2D eigenvalue weighted by Crippen LogP contribution is 2.45. The molecule has 1 atom stereocenters. The van der Waals surface area contributed by atoms with E-state index in [0.717, 1.165) is 29.7 Å². The first kappa shape index (κ1) is 17.3. The molecule has 2 aliphatic rings. The zero-order chi connectivity index (χ0) is 18.6. The Morgan fingerprint density at radius 3 is 2.59 bits per heavy atom. The first-order valence-corrected chi connectivity index (χ1v) is 11.8. The van der Waals surface area contributed by atoms with Gasteiger partial charge in [-0.1, -0.05) is 42.5 Å². The van der Waals surface area contributed by atoms with Crippen LogP contribution in [-0.2, 0) is 22.9 Å². The molecular formula is C22H21NO2S2. The molecule has 1 fully saturated rings. The summed E-state index contributed by atoms with van der Waals surface area (Å²) in [6.45, 7) is 2.48. The average Bonchev–Trinajstić information content (AvgIpc) is 3.31. The van der Waals surface area contributed by atoms with Crippen LogP contribution in [0, 0.1) is 6.92 Å². The Kier molecular flexibility index (Phi) is 4.08. The maximum absolute atomic E-state index is 13.4. The van der Waals surface area contributed by atoms with Gasteiger partial charge in [0.25, 0.3) is 0 Å². The van der Waals surface area contributed by atoms with Gasteiger partial charge >= 0.3 is 0 Å². The molecule has 3 aromatic rings. The standard InChI is InChI=1S/C22H21NO2S2/c1-15-4-2-6-18(14-15)27(24,25)23-12-13-26-22(23)20-11-10-17-9-8-16-5-3-7-19(20)21(16)17/h2-7,10-11,14,22H,8-9,12-13H2,1H3. The Morgan fingerprint density at radius 2 is 1.78 bits per heavy atom. The first-order chi connectivity index (χ1) is 13.1. The SMILES string of the molecule is Cc1cccc(S(=O)(=O)N2CCSC2c2ccc3c4c(cccc24)CC3)c1. The van der Waals surface area contributed by atoms with E-state index >= 15 is 0 Å². The van der Waals surface area contributed by atoms with E-state index in [4.69, 9.17) is 0 Å². The third-order valence-electron chi connectivity index (χ3n) is 5.62. The lowest BCUT2D eigenvalue weighted by Gasteiger charge is -2.25. The Balaban J connectivity index is 1.63. The van der Waals surface area contributed by atoms with Crippen molar-refractivity contribution in [2.24, 2.45) is 0 Å². The number of hydrogen-bond acceptors (Lipinski definition) is 3. The number of benzene rings is 3. The second-order valence-corrected chi connectivity index (χ2v) is 10.4. The predicted octanol–water partition coefficient (Wildman–Crippen LogP) is 4.68. The average molecular weight is 396 g/mol. The van der Waals surface area contributed by atoms with Gasteiger partial charge in [0.05, 0.1) is 10.3 Å². The zero-order valence-electron chi connectivity index (χ0n) is 15.2. The second-order valence-electron chi connectivity index (χ2n) is 7.31. The van der Waals surface area contributed by atoms with Gasteiger partial charge in [0.15, 0.2) is 0 Å². The summed E-state index contributed by atoms with van der Waals surface area (Å²) in [5.74, 6) is 0.818. The van der Waals surface area contributed by atoms with Crippen molar-refractivity contribution >= 4 is 32.6 Å². The lowest BCUT2D eigenvalue weighted by molar-refractivity contribution is 0.435. The van der Waals surface area contributed by atoms with E-state index in [9.17, 15) is 8.42 Å². The molecule has 5 heteroatoms. The molecule has 0 N–H and O–H groups in total. The summed E-state index contributed by atoms with van der Waals surface area (Å²) >= 11 is 1.72. The van der Waals surface area contributed by atoms with Crippen molar-refractivity contribution in [1.82, 2.24) is 4.31 Å². The first-order valence-electron chi connectivity index (χ1n) is 9.29. The number of rotatable bonds is 3. The summed E-state index contributed by atoms with van der Waals surface area (Å²) in [7, 11) is -3.52. The molecule has 1 saturated heterocycles. The molecule has 27 heavy (non-hydrogen) atoms. The molecule has 1 aliphatic carbocycles. The van der Waals surface area contributed by atoms with Crippen LogP contribution in [-0.4, -0.2) is 25.0 Å². The maximum Gasteiger partial charge on any atom is 0.244 e. The van der Waals surface area contributed by atoms with Gasteiger partial charge in [0.1, 0.15) is 0 Å². The fraction of sp³-hybridized carbons (Fsp3) is 0.273.